The SMILES string of the molecule is Cc1ccc(C#Cc2cnc3cccnn23)c2onc(Nc3cccc(C(F)(F)F)c3)c12. The van der Waals surface area contributed by atoms with Crippen LogP contribution < -0.4 is 5.32 Å². The molecule has 0 spiro atoms. The summed E-state index contributed by atoms with van der Waals surface area (Å²) in [6, 6.07) is 12.2. The Morgan fingerprint density at radius 2 is 1.94 bits per heavy atom. The van der Waals surface area contributed by atoms with Gasteiger partial charge in [-0.3, -0.25) is 0 Å². The van der Waals surface area contributed by atoms with Crippen molar-refractivity contribution in [2.24, 2.45) is 0 Å². The van der Waals surface area contributed by atoms with Crippen molar-refractivity contribution < 1.29 is 17.7 Å². The first-order chi connectivity index (χ1) is 15.4. The molecule has 5 aromatic rings. The maximum absolute atomic E-state index is 13.0. The van der Waals surface area contributed by atoms with E-state index in [1.54, 1.807) is 29.0 Å². The molecule has 0 saturated carbocycles. The lowest BCUT2D eigenvalue weighted by atomic mass is 10.1. The maximum Gasteiger partial charge on any atom is 0.416 e. The van der Waals surface area contributed by atoms with Gasteiger partial charge in [0.15, 0.2) is 17.0 Å². The quantitative estimate of drug-likeness (QED) is 0.381. The van der Waals surface area contributed by atoms with Gasteiger partial charge in [0.2, 0.25) is 0 Å². The summed E-state index contributed by atoms with van der Waals surface area (Å²) in [5.74, 6) is 6.40. The Balaban J connectivity index is 1.53. The van der Waals surface area contributed by atoms with E-state index >= 15 is 0 Å². The van der Waals surface area contributed by atoms with E-state index in [0.29, 0.717) is 33.7 Å². The molecule has 0 bridgehead atoms. The van der Waals surface area contributed by atoms with Crippen molar-refractivity contribution in [3.63, 3.8) is 0 Å². The van der Waals surface area contributed by atoms with E-state index in [-0.39, 0.29) is 5.69 Å². The van der Waals surface area contributed by atoms with E-state index < -0.39 is 11.7 Å². The molecule has 3 aromatic heterocycles. The Hall–Kier alpha value is -4.32. The molecule has 0 radical (unpaired) electrons. The van der Waals surface area contributed by atoms with E-state index in [0.717, 1.165) is 17.7 Å². The van der Waals surface area contributed by atoms with Crippen molar-refractivity contribution in [1.82, 2.24) is 19.8 Å². The molecule has 0 aliphatic carbocycles. The maximum atomic E-state index is 13.0. The fraction of sp³-hybridized carbons (Fsp3) is 0.0870. The molecule has 0 amide bonds. The molecule has 9 heteroatoms. The second-order valence-electron chi connectivity index (χ2n) is 7.06. The molecule has 32 heavy (non-hydrogen) atoms. The number of hydrogen-bond acceptors (Lipinski definition) is 5. The third-order valence-corrected chi connectivity index (χ3v) is 4.89. The number of hydrogen-bond donors (Lipinski definition) is 1. The van der Waals surface area contributed by atoms with Crippen LogP contribution in [0.2, 0.25) is 0 Å². The summed E-state index contributed by atoms with van der Waals surface area (Å²) < 4.78 is 46.2. The topological polar surface area (TPSA) is 68.2 Å². The number of aryl methyl sites for hydroxylation is 1. The highest BCUT2D eigenvalue weighted by Gasteiger charge is 2.30. The fourth-order valence-electron chi connectivity index (χ4n) is 3.35. The monoisotopic (exact) mass is 433 g/mol. The highest BCUT2D eigenvalue weighted by molar-refractivity contribution is 5.96. The number of nitrogens with zero attached hydrogens (tertiary/aromatic N) is 4. The van der Waals surface area contributed by atoms with E-state index in [4.69, 9.17) is 4.52 Å². The summed E-state index contributed by atoms with van der Waals surface area (Å²) >= 11 is 0. The minimum atomic E-state index is -4.44. The van der Waals surface area contributed by atoms with E-state index in [2.05, 4.69) is 32.4 Å². The molecule has 0 fully saturated rings. The number of halogens is 3. The number of imidazole rings is 1. The lowest BCUT2D eigenvalue weighted by molar-refractivity contribution is -0.137. The van der Waals surface area contributed by atoms with Gasteiger partial charge in [-0.25, -0.2) is 9.50 Å². The summed E-state index contributed by atoms with van der Waals surface area (Å²) in [6.07, 6.45) is -1.16. The number of fused-ring (bicyclic) bond motifs is 2. The van der Waals surface area contributed by atoms with Gasteiger partial charge in [0.25, 0.3) is 0 Å². The molecule has 0 atom stereocenters. The molecular formula is C23H14F3N5O. The second kappa shape index (κ2) is 7.42. The van der Waals surface area contributed by atoms with Gasteiger partial charge in [-0.05, 0) is 54.8 Å². The molecule has 158 valence electrons. The summed E-state index contributed by atoms with van der Waals surface area (Å²) in [4.78, 5) is 4.25. The number of nitrogens with one attached hydrogen (secondary N) is 1. The van der Waals surface area contributed by atoms with Gasteiger partial charge in [0.1, 0.15) is 5.69 Å². The number of alkyl halides is 3. The first kappa shape index (κ1) is 19.6. The van der Waals surface area contributed by atoms with E-state index in [9.17, 15) is 13.2 Å². The van der Waals surface area contributed by atoms with Crippen LogP contribution in [-0.4, -0.2) is 19.8 Å². The molecule has 0 aliphatic rings. The number of benzene rings is 2. The van der Waals surface area contributed by atoms with Crippen LogP contribution >= 0.6 is 0 Å². The standard InChI is InChI=1S/C23H14F3N5O/c1-14-7-8-15(9-10-18-13-27-19-6-3-11-28-31(18)19)21-20(14)22(30-32-21)29-17-5-2-4-16(12-17)23(24,25)26/h2-8,11-13H,1H3,(H,29,30). The zero-order valence-corrected chi connectivity index (χ0v) is 16.6. The van der Waals surface area contributed by atoms with Crippen LogP contribution in [0.4, 0.5) is 24.7 Å². The highest BCUT2D eigenvalue weighted by atomic mass is 19.4. The number of anilines is 2. The molecule has 5 rings (SSSR count). The van der Waals surface area contributed by atoms with Crippen LogP contribution in [0.5, 0.6) is 0 Å². The Bertz CT molecular complexity index is 1520. The number of rotatable bonds is 2. The van der Waals surface area contributed by atoms with Crippen molar-refractivity contribution in [2.75, 3.05) is 5.32 Å². The van der Waals surface area contributed by atoms with E-state index in [1.807, 2.05) is 19.1 Å². The summed E-state index contributed by atoms with van der Waals surface area (Å²) in [7, 11) is 0. The largest absolute Gasteiger partial charge is 0.416 e. The third-order valence-electron chi connectivity index (χ3n) is 4.89. The highest BCUT2D eigenvalue weighted by Crippen LogP contribution is 2.34. The Kier molecular flexibility index (Phi) is 4.56. The van der Waals surface area contributed by atoms with Crippen LogP contribution in [0.1, 0.15) is 22.4 Å². The zero-order valence-electron chi connectivity index (χ0n) is 16.6. The minimum absolute atomic E-state index is 0.253. The van der Waals surface area contributed by atoms with Gasteiger partial charge in [0, 0.05) is 11.9 Å². The molecule has 6 nitrogen and oxygen atoms in total. The predicted octanol–water partition coefficient (Wildman–Crippen LogP) is 5.34. The average molecular weight is 433 g/mol. The van der Waals surface area contributed by atoms with Crippen molar-refractivity contribution in [1.29, 1.82) is 0 Å². The third kappa shape index (κ3) is 3.52. The molecule has 2 aromatic carbocycles. The first-order valence-electron chi connectivity index (χ1n) is 9.54. The zero-order chi connectivity index (χ0) is 22.3. The van der Waals surface area contributed by atoms with Crippen molar-refractivity contribution in [3.05, 3.63) is 83.3 Å². The Morgan fingerprint density at radius 1 is 1.06 bits per heavy atom. The van der Waals surface area contributed by atoms with Crippen molar-refractivity contribution in [2.45, 2.75) is 13.1 Å². The number of aromatic nitrogens is 4. The normalized spacial score (nSPS) is 11.5. The Labute approximate surface area is 179 Å². The summed E-state index contributed by atoms with van der Waals surface area (Å²) in [6.45, 7) is 1.86. The Morgan fingerprint density at radius 3 is 2.78 bits per heavy atom. The van der Waals surface area contributed by atoms with Gasteiger partial charge in [-0.15, -0.1) is 0 Å². The first-order valence-corrected chi connectivity index (χ1v) is 9.54. The molecular weight excluding hydrogens is 419 g/mol. The van der Waals surface area contributed by atoms with Gasteiger partial charge < -0.3 is 9.84 Å². The molecule has 0 aliphatic heterocycles. The summed E-state index contributed by atoms with van der Waals surface area (Å²) in [5.41, 5.74) is 2.66. The average Bonchev–Trinajstić information content (AvgIpc) is 3.38. The van der Waals surface area contributed by atoms with Crippen LogP contribution in [-0.2, 0) is 6.18 Å². The van der Waals surface area contributed by atoms with E-state index in [1.165, 1.54) is 12.1 Å². The van der Waals surface area contributed by atoms with Crippen molar-refractivity contribution >= 4 is 28.1 Å². The minimum Gasteiger partial charge on any atom is -0.353 e. The molecule has 1 N–H and O–H groups in total. The fourth-order valence-corrected chi connectivity index (χ4v) is 3.35. The predicted molar refractivity (Wildman–Crippen MR) is 112 cm³/mol. The molecule has 0 unspecified atom stereocenters. The second-order valence-corrected chi connectivity index (χ2v) is 7.06. The van der Waals surface area contributed by atoms with Crippen LogP contribution in [0.3, 0.4) is 0 Å². The van der Waals surface area contributed by atoms with Crippen molar-refractivity contribution in [3.8, 4) is 11.8 Å². The molecule has 0 saturated heterocycles. The lowest BCUT2D eigenvalue weighted by Gasteiger charge is -2.09. The molecule has 3 heterocycles. The summed E-state index contributed by atoms with van der Waals surface area (Å²) in [5, 5.41) is 11.8. The smallest absolute Gasteiger partial charge is 0.353 e. The van der Waals surface area contributed by atoms with Gasteiger partial charge >= 0.3 is 6.18 Å². The van der Waals surface area contributed by atoms with Gasteiger partial charge in [0.05, 0.1) is 22.7 Å². The lowest BCUT2D eigenvalue weighted by Crippen LogP contribution is -2.05. The van der Waals surface area contributed by atoms with Crippen LogP contribution in [0, 0.1) is 18.8 Å². The van der Waals surface area contributed by atoms with Crippen LogP contribution in [0.25, 0.3) is 16.6 Å². The van der Waals surface area contributed by atoms with Gasteiger partial charge in [-0.2, -0.15) is 18.3 Å². The van der Waals surface area contributed by atoms with Gasteiger partial charge in [-0.1, -0.05) is 23.2 Å². The van der Waals surface area contributed by atoms with Crippen LogP contribution in [0.15, 0.2) is 65.4 Å².